The molecule has 1 aliphatic rings. The molecule has 64 valence electrons. The summed E-state index contributed by atoms with van der Waals surface area (Å²) in [4.78, 5) is 10.5. The fourth-order valence-corrected chi connectivity index (χ4v) is 1.15. The van der Waals surface area contributed by atoms with Gasteiger partial charge in [0.1, 0.15) is 5.82 Å². The summed E-state index contributed by atoms with van der Waals surface area (Å²) in [6.45, 7) is 0. The van der Waals surface area contributed by atoms with Gasteiger partial charge < -0.3 is 10.8 Å². The van der Waals surface area contributed by atoms with Gasteiger partial charge >= 0.3 is 6.09 Å². The molecule has 5 heteroatoms. The van der Waals surface area contributed by atoms with Crippen LogP contribution in [0, 0.1) is 0 Å². The zero-order valence-electron chi connectivity index (χ0n) is 6.40. The molecule has 1 aromatic heterocycles. The van der Waals surface area contributed by atoms with Crippen molar-refractivity contribution in [1.29, 1.82) is 0 Å². The summed E-state index contributed by atoms with van der Waals surface area (Å²) >= 11 is 0. The van der Waals surface area contributed by atoms with Gasteiger partial charge in [-0.2, -0.15) is 5.10 Å². The van der Waals surface area contributed by atoms with Crippen LogP contribution < -0.4 is 5.73 Å². The molecule has 0 bridgehead atoms. The standard InChI is InChI=1S/C7H9N3O2/c8-6-3-5(4-1-2-4)9-10(6)7(11)12/h3-4H,1-2,8H2,(H,11,12). The van der Waals surface area contributed by atoms with Crippen molar-refractivity contribution < 1.29 is 9.90 Å². The van der Waals surface area contributed by atoms with Crippen LogP contribution >= 0.6 is 0 Å². The third-order valence-electron chi connectivity index (χ3n) is 1.93. The van der Waals surface area contributed by atoms with Crippen molar-refractivity contribution in [2.24, 2.45) is 0 Å². The van der Waals surface area contributed by atoms with Crippen molar-refractivity contribution in [2.75, 3.05) is 5.73 Å². The van der Waals surface area contributed by atoms with E-state index in [9.17, 15) is 4.79 Å². The summed E-state index contributed by atoms with van der Waals surface area (Å²) in [6.07, 6.45) is 1.06. The largest absolute Gasteiger partial charge is 0.463 e. The summed E-state index contributed by atoms with van der Waals surface area (Å²) in [6, 6.07) is 1.63. The molecule has 0 aliphatic heterocycles. The molecule has 0 spiro atoms. The lowest BCUT2D eigenvalue weighted by Crippen LogP contribution is -2.12. The van der Waals surface area contributed by atoms with Crippen LogP contribution in [0.25, 0.3) is 0 Å². The molecule has 0 amide bonds. The third kappa shape index (κ3) is 1.03. The molecule has 1 saturated carbocycles. The lowest BCUT2D eigenvalue weighted by molar-refractivity contribution is 0.193. The van der Waals surface area contributed by atoms with E-state index in [-0.39, 0.29) is 5.82 Å². The smallest absolute Gasteiger partial charge is 0.434 e. The molecule has 0 radical (unpaired) electrons. The minimum absolute atomic E-state index is 0.199. The number of anilines is 1. The lowest BCUT2D eigenvalue weighted by Gasteiger charge is -1.92. The van der Waals surface area contributed by atoms with Gasteiger partial charge in [-0.15, -0.1) is 4.68 Å². The predicted molar refractivity (Wildman–Crippen MR) is 42.0 cm³/mol. The van der Waals surface area contributed by atoms with Crippen LogP contribution in [-0.4, -0.2) is 21.0 Å². The molecule has 0 saturated heterocycles. The number of nitrogen functional groups attached to an aromatic ring is 1. The number of aromatic nitrogens is 2. The number of nitrogens with zero attached hydrogens (tertiary/aromatic N) is 2. The maximum atomic E-state index is 10.5. The van der Waals surface area contributed by atoms with Gasteiger partial charge in [-0.25, -0.2) is 4.79 Å². The fraction of sp³-hybridized carbons (Fsp3) is 0.429. The van der Waals surface area contributed by atoms with Gasteiger partial charge in [-0.1, -0.05) is 0 Å². The van der Waals surface area contributed by atoms with E-state index in [1.165, 1.54) is 0 Å². The Balaban J connectivity index is 2.36. The van der Waals surface area contributed by atoms with Crippen LogP contribution in [0.2, 0.25) is 0 Å². The topological polar surface area (TPSA) is 81.1 Å². The second kappa shape index (κ2) is 2.23. The third-order valence-corrected chi connectivity index (χ3v) is 1.93. The van der Waals surface area contributed by atoms with Gasteiger partial charge in [0, 0.05) is 12.0 Å². The maximum Gasteiger partial charge on any atom is 0.434 e. The summed E-state index contributed by atoms with van der Waals surface area (Å²) < 4.78 is 0.813. The van der Waals surface area contributed by atoms with Crippen molar-refractivity contribution >= 4 is 11.9 Å². The average Bonchev–Trinajstić information content (AvgIpc) is 2.75. The Morgan fingerprint density at radius 3 is 2.83 bits per heavy atom. The Morgan fingerprint density at radius 2 is 2.42 bits per heavy atom. The molecule has 0 aromatic carbocycles. The van der Waals surface area contributed by atoms with Gasteiger partial charge in [-0.05, 0) is 12.8 Å². The van der Waals surface area contributed by atoms with Crippen molar-refractivity contribution in [3.63, 3.8) is 0 Å². The normalized spacial score (nSPS) is 16.3. The van der Waals surface area contributed by atoms with Crippen LogP contribution in [0.5, 0.6) is 0 Å². The molecule has 2 rings (SSSR count). The van der Waals surface area contributed by atoms with E-state index in [2.05, 4.69) is 5.10 Å². The quantitative estimate of drug-likeness (QED) is 0.650. The first-order valence-electron chi connectivity index (χ1n) is 3.77. The molecule has 5 nitrogen and oxygen atoms in total. The molecular formula is C7H9N3O2. The Labute approximate surface area is 68.8 Å². The minimum atomic E-state index is -1.13. The highest BCUT2D eigenvalue weighted by atomic mass is 16.4. The fourth-order valence-electron chi connectivity index (χ4n) is 1.15. The zero-order valence-corrected chi connectivity index (χ0v) is 6.40. The zero-order chi connectivity index (χ0) is 8.72. The SMILES string of the molecule is Nc1cc(C2CC2)nn1C(=O)O. The van der Waals surface area contributed by atoms with Crippen LogP contribution in [0.1, 0.15) is 24.5 Å². The van der Waals surface area contributed by atoms with Gasteiger partial charge in [0.05, 0.1) is 5.69 Å². The Kier molecular flexibility index (Phi) is 1.33. The predicted octanol–water partition coefficient (Wildman–Crippen LogP) is 0.869. The molecule has 1 heterocycles. The van der Waals surface area contributed by atoms with Gasteiger partial charge in [-0.3, -0.25) is 0 Å². The summed E-state index contributed by atoms with van der Waals surface area (Å²) in [5.74, 6) is 0.636. The van der Waals surface area contributed by atoms with Crippen LogP contribution in [-0.2, 0) is 0 Å². The molecule has 0 unspecified atom stereocenters. The number of nitrogens with two attached hydrogens (primary N) is 1. The van der Waals surface area contributed by atoms with E-state index in [0.717, 1.165) is 23.2 Å². The molecule has 1 aromatic rings. The van der Waals surface area contributed by atoms with Gasteiger partial charge in [0.15, 0.2) is 0 Å². The van der Waals surface area contributed by atoms with Crippen LogP contribution in [0.3, 0.4) is 0 Å². The Hall–Kier alpha value is -1.52. The van der Waals surface area contributed by atoms with Crippen molar-refractivity contribution in [3.8, 4) is 0 Å². The van der Waals surface area contributed by atoms with E-state index >= 15 is 0 Å². The molecule has 1 fully saturated rings. The molecule has 12 heavy (non-hydrogen) atoms. The number of hydrogen-bond donors (Lipinski definition) is 2. The van der Waals surface area contributed by atoms with E-state index in [0.29, 0.717) is 5.92 Å². The van der Waals surface area contributed by atoms with E-state index in [1.807, 2.05) is 0 Å². The van der Waals surface area contributed by atoms with Crippen molar-refractivity contribution in [1.82, 2.24) is 9.78 Å². The van der Waals surface area contributed by atoms with E-state index < -0.39 is 6.09 Å². The van der Waals surface area contributed by atoms with Crippen LogP contribution in [0.15, 0.2) is 6.07 Å². The highest BCUT2D eigenvalue weighted by Crippen LogP contribution is 2.39. The molecular weight excluding hydrogens is 158 g/mol. The van der Waals surface area contributed by atoms with Crippen LogP contribution in [0.4, 0.5) is 10.6 Å². The average molecular weight is 167 g/mol. The number of carboxylic acid groups (broad SMARTS) is 1. The van der Waals surface area contributed by atoms with Crippen molar-refractivity contribution in [3.05, 3.63) is 11.8 Å². The van der Waals surface area contributed by atoms with Gasteiger partial charge in [0.2, 0.25) is 0 Å². The second-order valence-electron chi connectivity index (χ2n) is 2.96. The summed E-state index contributed by atoms with van der Waals surface area (Å²) in [7, 11) is 0. The van der Waals surface area contributed by atoms with E-state index in [1.54, 1.807) is 6.07 Å². The first-order valence-corrected chi connectivity index (χ1v) is 3.77. The molecule has 3 N–H and O–H groups in total. The lowest BCUT2D eigenvalue weighted by atomic mass is 10.3. The molecule has 0 atom stereocenters. The second-order valence-corrected chi connectivity index (χ2v) is 2.96. The monoisotopic (exact) mass is 167 g/mol. The highest BCUT2D eigenvalue weighted by molar-refractivity contribution is 5.71. The number of hydrogen-bond acceptors (Lipinski definition) is 3. The highest BCUT2D eigenvalue weighted by Gasteiger charge is 2.27. The van der Waals surface area contributed by atoms with E-state index in [4.69, 9.17) is 10.8 Å². The number of carbonyl (C=O) groups is 1. The summed E-state index contributed by atoms with van der Waals surface area (Å²) in [5.41, 5.74) is 6.23. The van der Waals surface area contributed by atoms with Gasteiger partial charge in [0.25, 0.3) is 0 Å². The molecule has 1 aliphatic carbocycles. The summed E-state index contributed by atoms with van der Waals surface area (Å²) in [5, 5.41) is 12.5. The number of rotatable bonds is 1. The first kappa shape index (κ1) is 7.15. The first-order chi connectivity index (χ1) is 5.68. The van der Waals surface area contributed by atoms with Crippen molar-refractivity contribution in [2.45, 2.75) is 18.8 Å². The maximum absolute atomic E-state index is 10.5. The Bertz CT molecular complexity index is 327. The Morgan fingerprint density at radius 1 is 1.75 bits per heavy atom. The minimum Gasteiger partial charge on any atom is -0.463 e.